The molecule has 1 amide bonds. The van der Waals surface area contributed by atoms with Crippen LogP contribution in [0.5, 0.6) is 5.75 Å². The van der Waals surface area contributed by atoms with Crippen LogP contribution >= 0.6 is 11.8 Å². The van der Waals surface area contributed by atoms with Gasteiger partial charge >= 0.3 is 12.1 Å². The van der Waals surface area contributed by atoms with Crippen LogP contribution in [0, 0.1) is 29.1 Å². The molecular weight excluding hydrogens is 517 g/mol. The van der Waals surface area contributed by atoms with Crippen molar-refractivity contribution in [3.63, 3.8) is 0 Å². The van der Waals surface area contributed by atoms with E-state index in [1.807, 2.05) is 48.5 Å². The molecule has 37 heavy (non-hydrogen) atoms. The Morgan fingerprint density at radius 1 is 0.865 bits per heavy atom. The number of hydrogen-bond donors (Lipinski definition) is 1. The predicted molar refractivity (Wildman–Crippen MR) is 127 cm³/mol. The number of alkyl carbamates (subject to hydrolysis) is 1. The zero-order valence-electron chi connectivity index (χ0n) is 19.3. The number of benzene rings is 3. The van der Waals surface area contributed by atoms with Gasteiger partial charge in [-0.15, -0.1) is 0 Å². The summed E-state index contributed by atoms with van der Waals surface area (Å²) in [7, 11) is 0. The molecule has 0 unspecified atom stereocenters. The molecule has 0 aromatic heterocycles. The van der Waals surface area contributed by atoms with Gasteiger partial charge in [-0.25, -0.2) is 22.8 Å². The fraction of sp³-hybridized carbons (Fsp3) is 0.231. The van der Waals surface area contributed by atoms with Crippen molar-refractivity contribution >= 4 is 23.8 Å². The van der Waals surface area contributed by atoms with Crippen molar-refractivity contribution in [3.8, 4) is 16.9 Å². The Morgan fingerprint density at radius 2 is 1.38 bits per heavy atom. The minimum Gasteiger partial charge on any atom is -0.449 e. The van der Waals surface area contributed by atoms with Gasteiger partial charge in [0.15, 0.2) is 0 Å². The first-order chi connectivity index (χ1) is 17.7. The van der Waals surface area contributed by atoms with E-state index in [4.69, 9.17) is 4.74 Å². The quantitative estimate of drug-likeness (QED) is 0.127. The SMILES string of the molecule is CSCC[C@H](NC(=O)OCC1c2ccccc2-c2ccccc21)C(=O)Oc1c(F)c(F)c(F)c(F)c1F. The van der Waals surface area contributed by atoms with Crippen LogP contribution in [0.4, 0.5) is 26.7 Å². The van der Waals surface area contributed by atoms with Gasteiger partial charge in [0, 0.05) is 5.92 Å². The maximum atomic E-state index is 14.0. The van der Waals surface area contributed by atoms with Gasteiger partial charge in [0.2, 0.25) is 34.8 Å². The molecule has 4 rings (SSSR count). The van der Waals surface area contributed by atoms with Crippen molar-refractivity contribution in [1.82, 2.24) is 5.32 Å². The van der Waals surface area contributed by atoms with Gasteiger partial charge in [0.25, 0.3) is 0 Å². The third kappa shape index (κ3) is 5.27. The highest BCUT2D eigenvalue weighted by Gasteiger charge is 2.33. The molecule has 5 nitrogen and oxygen atoms in total. The highest BCUT2D eigenvalue weighted by atomic mass is 32.2. The van der Waals surface area contributed by atoms with Crippen LogP contribution in [0.25, 0.3) is 11.1 Å². The summed E-state index contributed by atoms with van der Waals surface area (Å²) in [6.07, 6.45) is 0.640. The van der Waals surface area contributed by atoms with Crippen molar-refractivity contribution < 1.29 is 41.0 Å². The normalized spacial score (nSPS) is 13.0. The highest BCUT2D eigenvalue weighted by Crippen LogP contribution is 2.44. The van der Waals surface area contributed by atoms with Crippen LogP contribution in [-0.4, -0.2) is 36.7 Å². The molecule has 0 saturated heterocycles. The van der Waals surface area contributed by atoms with E-state index in [9.17, 15) is 31.5 Å². The molecule has 0 aliphatic heterocycles. The smallest absolute Gasteiger partial charge is 0.407 e. The lowest BCUT2D eigenvalue weighted by atomic mass is 9.98. The van der Waals surface area contributed by atoms with E-state index in [1.54, 1.807) is 6.26 Å². The van der Waals surface area contributed by atoms with E-state index in [1.165, 1.54) is 11.8 Å². The summed E-state index contributed by atoms with van der Waals surface area (Å²) >= 11 is 1.29. The largest absolute Gasteiger partial charge is 0.449 e. The summed E-state index contributed by atoms with van der Waals surface area (Å²) in [6, 6.07) is 13.8. The number of fused-ring (bicyclic) bond motifs is 3. The molecule has 0 radical (unpaired) electrons. The third-order valence-corrected chi connectivity index (χ3v) is 6.55. The number of carbonyl (C=O) groups is 2. The molecular formula is C26H20F5NO4S. The second-order valence-corrected chi connectivity index (χ2v) is 9.11. The molecule has 1 aliphatic carbocycles. The number of ether oxygens (including phenoxy) is 2. The monoisotopic (exact) mass is 537 g/mol. The van der Waals surface area contributed by atoms with Gasteiger partial charge in [-0.1, -0.05) is 48.5 Å². The minimum atomic E-state index is -2.38. The fourth-order valence-electron chi connectivity index (χ4n) is 4.11. The molecule has 0 heterocycles. The first kappa shape index (κ1) is 26.5. The summed E-state index contributed by atoms with van der Waals surface area (Å²) in [5, 5.41) is 2.27. The van der Waals surface area contributed by atoms with Crippen molar-refractivity contribution in [2.75, 3.05) is 18.6 Å². The molecule has 3 aromatic carbocycles. The molecule has 0 saturated carbocycles. The summed E-state index contributed by atoms with van der Waals surface area (Å²) in [4.78, 5) is 25.2. The summed E-state index contributed by atoms with van der Waals surface area (Å²) in [5.41, 5.74) is 3.94. The molecule has 11 heteroatoms. The number of hydrogen-bond acceptors (Lipinski definition) is 5. The van der Waals surface area contributed by atoms with Crippen molar-refractivity contribution in [2.24, 2.45) is 0 Å². The van der Waals surface area contributed by atoms with E-state index in [2.05, 4.69) is 10.1 Å². The number of rotatable bonds is 8. The Bertz CT molecular complexity index is 1280. The van der Waals surface area contributed by atoms with Gasteiger partial charge < -0.3 is 14.8 Å². The molecule has 194 valence electrons. The van der Waals surface area contributed by atoms with Crippen molar-refractivity contribution in [1.29, 1.82) is 0 Å². The highest BCUT2D eigenvalue weighted by molar-refractivity contribution is 7.98. The van der Waals surface area contributed by atoms with Crippen LogP contribution in [0.2, 0.25) is 0 Å². The summed E-state index contributed by atoms with van der Waals surface area (Å²) in [6.45, 7) is -0.0677. The van der Waals surface area contributed by atoms with E-state index in [-0.39, 0.29) is 18.9 Å². The van der Waals surface area contributed by atoms with Gasteiger partial charge in [0.05, 0.1) is 0 Å². The number of carbonyl (C=O) groups excluding carboxylic acids is 2. The third-order valence-electron chi connectivity index (χ3n) is 5.90. The first-order valence-electron chi connectivity index (χ1n) is 11.1. The molecule has 0 bridgehead atoms. The van der Waals surface area contributed by atoms with Gasteiger partial charge in [0.1, 0.15) is 12.6 Å². The number of thioether (sulfide) groups is 1. The van der Waals surface area contributed by atoms with E-state index in [0.717, 1.165) is 22.3 Å². The standard InChI is InChI=1S/C26H20F5NO4S/c1-37-11-10-18(25(33)36-24-22(30)20(28)19(27)21(29)23(24)31)32-26(34)35-12-17-15-8-4-2-6-13(15)14-7-3-5-9-16(14)17/h2-9,17-18H,10-12H2,1H3,(H,32,34)/t18-/m0/s1. The lowest BCUT2D eigenvalue weighted by Crippen LogP contribution is -2.44. The van der Waals surface area contributed by atoms with Gasteiger partial charge in [-0.05, 0) is 40.7 Å². The minimum absolute atomic E-state index is 0.0560. The van der Waals surface area contributed by atoms with Gasteiger partial charge in [-0.3, -0.25) is 0 Å². The number of halogens is 5. The molecule has 1 aliphatic rings. The topological polar surface area (TPSA) is 64.6 Å². The summed E-state index contributed by atoms with van der Waals surface area (Å²) < 4.78 is 78.1. The van der Waals surface area contributed by atoms with Gasteiger partial charge in [-0.2, -0.15) is 20.5 Å². The maximum Gasteiger partial charge on any atom is 0.407 e. The maximum absolute atomic E-state index is 14.0. The summed E-state index contributed by atoms with van der Waals surface area (Å²) in [5.74, 6) is -14.6. The van der Waals surface area contributed by atoms with E-state index in [0.29, 0.717) is 5.75 Å². The zero-order valence-corrected chi connectivity index (χ0v) is 20.1. The predicted octanol–water partition coefficient (Wildman–Crippen LogP) is 5.95. The lowest BCUT2D eigenvalue weighted by molar-refractivity contribution is -0.137. The average molecular weight is 538 g/mol. The number of amides is 1. The Hall–Kier alpha value is -3.60. The fourth-order valence-corrected chi connectivity index (χ4v) is 4.58. The second-order valence-electron chi connectivity index (χ2n) is 8.12. The number of nitrogens with one attached hydrogen (secondary N) is 1. The first-order valence-corrected chi connectivity index (χ1v) is 12.5. The van der Waals surface area contributed by atoms with Crippen molar-refractivity contribution in [3.05, 3.63) is 88.7 Å². The Labute approximate surface area is 213 Å². The van der Waals surface area contributed by atoms with Crippen LogP contribution in [0.15, 0.2) is 48.5 Å². The number of esters is 1. The molecule has 1 N–H and O–H groups in total. The van der Waals surface area contributed by atoms with Crippen LogP contribution in [0.1, 0.15) is 23.5 Å². The Balaban J connectivity index is 1.47. The Kier molecular flexibility index (Phi) is 8.01. The molecule has 3 aromatic rings. The van der Waals surface area contributed by atoms with E-state index >= 15 is 0 Å². The Morgan fingerprint density at radius 3 is 1.92 bits per heavy atom. The van der Waals surface area contributed by atoms with Crippen LogP contribution in [-0.2, 0) is 9.53 Å². The zero-order chi connectivity index (χ0) is 26.7. The van der Waals surface area contributed by atoms with Crippen LogP contribution < -0.4 is 10.1 Å². The molecule has 0 fully saturated rings. The molecule has 1 atom stereocenters. The second kappa shape index (κ2) is 11.2. The van der Waals surface area contributed by atoms with Crippen molar-refractivity contribution in [2.45, 2.75) is 18.4 Å². The lowest BCUT2D eigenvalue weighted by Gasteiger charge is -2.19. The van der Waals surface area contributed by atoms with E-state index < -0.39 is 52.9 Å². The molecule has 0 spiro atoms. The average Bonchev–Trinajstić information content (AvgIpc) is 3.23. The van der Waals surface area contributed by atoms with Crippen LogP contribution in [0.3, 0.4) is 0 Å².